The van der Waals surface area contributed by atoms with Crippen molar-refractivity contribution < 1.29 is 9.47 Å². The molecule has 0 aliphatic heterocycles. The average Bonchev–Trinajstić information content (AvgIpc) is 2.96. The predicted molar refractivity (Wildman–Crippen MR) is 87.5 cm³/mol. The molecule has 0 unspecified atom stereocenters. The molecule has 4 nitrogen and oxygen atoms in total. The third kappa shape index (κ3) is 4.19. The monoisotopic (exact) mass is 306 g/mol. The summed E-state index contributed by atoms with van der Waals surface area (Å²) in [4.78, 5) is 4.68. The van der Waals surface area contributed by atoms with Gasteiger partial charge >= 0.3 is 0 Å². The van der Waals surface area contributed by atoms with Gasteiger partial charge in [-0.15, -0.1) is 11.3 Å². The van der Waals surface area contributed by atoms with Gasteiger partial charge < -0.3 is 14.8 Å². The summed E-state index contributed by atoms with van der Waals surface area (Å²) >= 11 is 1.69. The van der Waals surface area contributed by atoms with Crippen molar-refractivity contribution in [1.82, 2.24) is 10.3 Å². The molecule has 1 heterocycles. The van der Waals surface area contributed by atoms with Crippen molar-refractivity contribution in [3.63, 3.8) is 0 Å². The summed E-state index contributed by atoms with van der Waals surface area (Å²) in [7, 11) is 1.95. The van der Waals surface area contributed by atoms with E-state index in [1.165, 1.54) is 0 Å². The van der Waals surface area contributed by atoms with Crippen LogP contribution in [0.25, 0.3) is 11.3 Å². The van der Waals surface area contributed by atoms with Gasteiger partial charge in [0.25, 0.3) is 0 Å². The fraction of sp³-hybridized carbons (Fsp3) is 0.438. The highest BCUT2D eigenvalue weighted by atomic mass is 32.1. The molecule has 5 heteroatoms. The summed E-state index contributed by atoms with van der Waals surface area (Å²) in [6, 6.07) is 5.99. The molecule has 1 N–H and O–H groups in total. The van der Waals surface area contributed by atoms with Gasteiger partial charge in [-0.25, -0.2) is 4.98 Å². The standard InChI is InChI=1S/C16H22N2O2S/c1-4-19-14-7-6-12(10-15(14)20-5-2)13-11-21-16(18-13)8-9-17-3/h6-7,10-11,17H,4-5,8-9H2,1-3H3. The highest BCUT2D eigenvalue weighted by Gasteiger charge is 2.10. The summed E-state index contributed by atoms with van der Waals surface area (Å²) in [5, 5.41) is 6.38. The van der Waals surface area contributed by atoms with E-state index in [0.717, 1.165) is 40.7 Å². The maximum atomic E-state index is 5.66. The average molecular weight is 306 g/mol. The molecule has 0 saturated heterocycles. The molecule has 1 aromatic heterocycles. The van der Waals surface area contributed by atoms with Crippen molar-refractivity contribution in [3.8, 4) is 22.8 Å². The summed E-state index contributed by atoms with van der Waals surface area (Å²) in [6.45, 7) is 6.14. The van der Waals surface area contributed by atoms with Crippen LogP contribution in [0.5, 0.6) is 11.5 Å². The molecule has 0 aliphatic carbocycles. The van der Waals surface area contributed by atoms with E-state index in [1.807, 2.05) is 39.1 Å². The minimum absolute atomic E-state index is 0.619. The topological polar surface area (TPSA) is 43.4 Å². The van der Waals surface area contributed by atoms with Crippen LogP contribution in [0.3, 0.4) is 0 Å². The number of aromatic nitrogens is 1. The Morgan fingerprint density at radius 3 is 2.62 bits per heavy atom. The zero-order chi connectivity index (χ0) is 15.1. The van der Waals surface area contributed by atoms with Gasteiger partial charge in [0.15, 0.2) is 11.5 Å². The highest BCUT2D eigenvalue weighted by molar-refractivity contribution is 7.09. The molecule has 0 fully saturated rings. The molecule has 0 bridgehead atoms. The Labute approximate surface area is 130 Å². The van der Waals surface area contributed by atoms with Crippen molar-refractivity contribution in [2.75, 3.05) is 26.8 Å². The number of ether oxygens (including phenoxy) is 2. The smallest absolute Gasteiger partial charge is 0.161 e. The van der Waals surface area contributed by atoms with Crippen LogP contribution in [0.2, 0.25) is 0 Å². The van der Waals surface area contributed by atoms with E-state index in [-0.39, 0.29) is 0 Å². The first kappa shape index (κ1) is 15.8. The van der Waals surface area contributed by atoms with Gasteiger partial charge in [0.05, 0.1) is 23.9 Å². The Kier molecular flexibility index (Phi) is 6.02. The Balaban J connectivity index is 2.22. The van der Waals surface area contributed by atoms with Crippen LogP contribution in [-0.2, 0) is 6.42 Å². The zero-order valence-corrected chi connectivity index (χ0v) is 13.6. The first-order chi connectivity index (χ1) is 10.3. The SMILES string of the molecule is CCOc1ccc(-c2csc(CCNC)n2)cc1OCC. The molecule has 2 rings (SSSR count). The van der Waals surface area contributed by atoms with Crippen molar-refractivity contribution >= 4 is 11.3 Å². The molecule has 0 spiro atoms. The van der Waals surface area contributed by atoms with Gasteiger partial charge in [0.2, 0.25) is 0 Å². The zero-order valence-electron chi connectivity index (χ0n) is 12.8. The quantitative estimate of drug-likeness (QED) is 0.812. The maximum Gasteiger partial charge on any atom is 0.161 e. The van der Waals surface area contributed by atoms with Crippen LogP contribution < -0.4 is 14.8 Å². The van der Waals surface area contributed by atoms with Crippen LogP contribution in [-0.4, -0.2) is 31.8 Å². The van der Waals surface area contributed by atoms with Crippen LogP contribution in [0, 0.1) is 0 Å². The summed E-state index contributed by atoms with van der Waals surface area (Å²) in [5.41, 5.74) is 2.06. The minimum atomic E-state index is 0.619. The molecular weight excluding hydrogens is 284 g/mol. The first-order valence-electron chi connectivity index (χ1n) is 7.27. The number of benzene rings is 1. The Bertz CT molecular complexity index is 569. The van der Waals surface area contributed by atoms with Crippen molar-refractivity contribution in [2.24, 2.45) is 0 Å². The number of nitrogens with zero attached hydrogens (tertiary/aromatic N) is 1. The number of hydrogen-bond donors (Lipinski definition) is 1. The molecule has 0 atom stereocenters. The lowest BCUT2D eigenvalue weighted by atomic mass is 10.1. The van der Waals surface area contributed by atoms with E-state index in [2.05, 4.69) is 15.7 Å². The number of rotatable bonds is 8. The van der Waals surface area contributed by atoms with Crippen molar-refractivity contribution in [3.05, 3.63) is 28.6 Å². The van der Waals surface area contributed by atoms with E-state index < -0.39 is 0 Å². The van der Waals surface area contributed by atoms with E-state index in [0.29, 0.717) is 13.2 Å². The molecule has 21 heavy (non-hydrogen) atoms. The molecule has 0 saturated carbocycles. The van der Waals surface area contributed by atoms with E-state index in [9.17, 15) is 0 Å². The summed E-state index contributed by atoms with van der Waals surface area (Å²) in [5.74, 6) is 1.57. The van der Waals surface area contributed by atoms with Crippen LogP contribution in [0.1, 0.15) is 18.9 Å². The van der Waals surface area contributed by atoms with E-state index in [1.54, 1.807) is 11.3 Å². The lowest BCUT2D eigenvalue weighted by molar-refractivity contribution is 0.288. The third-order valence-electron chi connectivity index (χ3n) is 2.98. The van der Waals surface area contributed by atoms with Gasteiger partial charge in [-0.2, -0.15) is 0 Å². The first-order valence-corrected chi connectivity index (χ1v) is 8.15. The van der Waals surface area contributed by atoms with Crippen LogP contribution in [0.4, 0.5) is 0 Å². The van der Waals surface area contributed by atoms with Gasteiger partial charge in [-0.1, -0.05) is 0 Å². The Hall–Kier alpha value is -1.59. The third-order valence-corrected chi connectivity index (χ3v) is 3.89. The maximum absolute atomic E-state index is 5.66. The molecule has 114 valence electrons. The minimum Gasteiger partial charge on any atom is -0.490 e. The van der Waals surface area contributed by atoms with Gasteiger partial charge in [-0.05, 0) is 39.1 Å². The molecule has 0 radical (unpaired) electrons. The second-order valence-corrected chi connectivity index (χ2v) is 5.45. The normalized spacial score (nSPS) is 10.6. The lowest BCUT2D eigenvalue weighted by Crippen LogP contribution is -2.09. The highest BCUT2D eigenvalue weighted by Crippen LogP contribution is 2.33. The Morgan fingerprint density at radius 2 is 1.90 bits per heavy atom. The van der Waals surface area contributed by atoms with E-state index in [4.69, 9.17) is 9.47 Å². The van der Waals surface area contributed by atoms with Crippen LogP contribution in [0.15, 0.2) is 23.6 Å². The second-order valence-electron chi connectivity index (χ2n) is 4.51. The fourth-order valence-electron chi connectivity index (χ4n) is 2.00. The molecule has 2 aromatic rings. The predicted octanol–water partition coefficient (Wildman–Crippen LogP) is 3.37. The van der Waals surface area contributed by atoms with Gasteiger partial charge in [0, 0.05) is 23.9 Å². The van der Waals surface area contributed by atoms with Gasteiger partial charge in [-0.3, -0.25) is 0 Å². The van der Waals surface area contributed by atoms with E-state index >= 15 is 0 Å². The lowest BCUT2D eigenvalue weighted by Gasteiger charge is -2.11. The largest absolute Gasteiger partial charge is 0.490 e. The fourth-order valence-corrected chi connectivity index (χ4v) is 2.81. The number of likely N-dealkylation sites (N-methyl/N-ethyl adjacent to an activating group) is 1. The summed E-state index contributed by atoms with van der Waals surface area (Å²) < 4.78 is 11.3. The number of nitrogens with one attached hydrogen (secondary N) is 1. The number of thiazole rings is 1. The molecular formula is C16H22N2O2S. The van der Waals surface area contributed by atoms with Crippen molar-refractivity contribution in [2.45, 2.75) is 20.3 Å². The number of hydrogen-bond acceptors (Lipinski definition) is 5. The summed E-state index contributed by atoms with van der Waals surface area (Å²) in [6.07, 6.45) is 0.955. The Morgan fingerprint density at radius 1 is 1.14 bits per heavy atom. The van der Waals surface area contributed by atoms with Gasteiger partial charge in [0.1, 0.15) is 0 Å². The molecule has 0 aliphatic rings. The molecule has 0 amide bonds. The van der Waals surface area contributed by atoms with Crippen LogP contribution >= 0.6 is 11.3 Å². The molecule has 1 aromatic carbocycles. The second kappa shape index (κ2) is 8.00. The van der Waals surface area contributed by atoms with Crippen molar-refractivity contribution in [1.29, 1.82) is 0 Å².